The molecule has 0 bridgehead atoms. The van der Waals surface area contributed by atoms with Gasteiger partial charge in [0.25, 0.3) is 0 Å². The molecule has 1 rings (SSSR count). The van der Waals surface area contributed by atoms with E-state index in [-0.39, 0.29) is 0 Å². The molecule has 0 aromatic carbocycles. The highest BCUT2D eigenvalue weighted by Gasteiger charge is 2.08. The summed E-state index contributed by atoms with van der Waals surface area (Å²) in [5.74, 6) is 0.744. The van der Waals surface area contributed by atoms with Gasteiger partial charge < -0.3 is 5.32 Å². The standard InChI is InChI=1S/C13H22N2/c1-4-11(2)12(3)14-10-8-13-7-5-6-9-15-13/h5-7,9,11-12,14H,4,8,10H2,1-3H3/t11-,12+/m0/s1. The third-order valence-corrected chi connectivity index (χ3v) is 3.07. The second-order valence-corrected chi connectivity index (χ2v) is 4.20. The van der Waals surface area contributed by atoms with Crippen molar-refractivity contribution in [2.45, 2.75) is 39.7 Å². The quantitative estimate of drug-likeness (QED) is 0.774. The van der Waals surface area contributed by atoms with Gasteiger partial charge >= 0.3 is 0 Å². The van der Waals surface area contributed by atoms with E-state index >= 15 is 0 Å². The van der Waals surface area contributed by atoms with E-state index in [9.17, 15) is 0 Å². The first-order chi connectivity index (χ1) is 7.24. The number of aromatic nitrogens is 1. The third-order valence-electron chi connectivity index (χ3n) is 3.07. The molecule has 0 saturated carbocycles. The van der Waals surface area contributed by atoms with Gasteiger partial charge in [0.1, 0.15) is 0 Å². The molecule has 2 nitrogen and oxygen atoms in total. The zero-order chi connectivity index (χ0) is 11.1. The number of nitrogens with zero attached hydrogens (tertiary/aromatic N) is 1. The lowest BCUT2D eigenvalue weighted by Gasteiger charge is -2.19. The highest BCUT2D eigenvalue weighted by molar-refractivity contribution is 5.03. The second-order valence-electron chi connectivity index (χ2n) is 4.20. The van der Waals surface area contributed by atoms with Crippen molar-refractivity contribution in [3.63, 3.8) is 0 Å². The lowest BCUT2D eigenvalue weighted by molar-refractivity contribution is 0.392. The summed E-state index contributed by atoms with van der Waals surface area (Å²) in [5, 5.41) is 3.54. The number of hydrogen-bond acceptors (Lipinski definition) is 2. The smallest absolute Gasteiger partial charge is 0.0416 e. The van der Waals surface area contributed by atoms with E-state index in [1.54, 1.807) is 0 Å². The lowest BCUT2D eigenvalue weighted by Crippen LogP contribution is -2.33. The van der Waals surface area contributed by atoms with Gasteiger partial charge in [-0.25, -0.2) is 0 Å². The minimum absolute atomic E-state index is 0.596. The van der Waals surface area contributed by atoms with Crippen LogP contribution in [0.1, 0.15) is 32.9 Å². The Kier molecular flexibility index (Phi) is 5.33. The largest absolute Gasteiger partial charge is 0.314 e. The van der Waals surface area contributed by atoms with Crippen molar-refractivity contribution in [3.8, 4) is 0 Å². The Morgan fingerprint density at radius 3 is 2.73 bits per heavy atom. The molecule has 0 aliphatic carbocycles. The summed E-state index contributed by atoms with van der Waals surface area (Å²) in [4.78, 5) is 4.30. The van der Waals surface area contributed by atoms with Crippen LogP contribution in [0.2, 0.25) is 0 Å². The van der Waals surface area contributed by atoms with Gasteiger partial charge in [-0.2, -0.15) is 0 Å². The molecule has 2 heteroatoms. The maximum Gasteiger partial charge on any atom is 0.0416 e. The molecule has 1 aromatic rings. The Labute approximate surface area is 93.1 Å². The summed E-state index contributed by atoms with van der Waals surface area (Å²) in [6, 6.07) is 6.67. The summed E-state index contributed by atoms with van der Waals surface area (Å²) >= 11 is 0. The van der Waals surface area contributed by atoms with Crippen LogP contribution in [0.3, 0.4) is 0 Å². The summed E-state index contributed by atoms with van der Waals surface area (Å²) in [7, 11) is 0. The van der Waals surface area contributed by atoms with E-state index in [1.807, 2.05) is 18.3 Å². The van der Waals surface area contributed by atoms with Crippen LogP contribution in [0, 0.1) is 5.92 Å². The van der Waals surface area contributed by atoms with Gasteiger partial charge in [-0.15, -0.1) is 0 Å². The van der Waals surface area contributed by atoms with Gasteiger partial charge in [0.2, 0.25) is 0 Å². The lowest BCUT2D eigenvalue weighted by atomic mass is 10.0. The van der Waals surface area contributed by atoms with Crippen molar-refractivity contribution >= 4 is 0 Å². The molecule has 1 heterocycles. The van der Waals surface area contributed by atoms with Gasteiger partial charge in [0, 0.05) is 30.9 Å². The van der Waals surface area contributed by atoms with E-state index in [2.05, 4.69) is 37.1 Å². The normalized spacial score (nSPS) is 14.9. The van der Waals surface area contributed by atoms with Gasteiger partial charge in [0.05, 0.1) is 0 Å². The molecule has 0 spiro atoms. The van der Waals surface area contributed by atoms with Crippen LogP contribution in [-0.2, 0) is 6.42 Å². The predicted molar refractivity (Wildman–Crippen MR) is 64.9 cm³/mol. The highest BCUT2D eigenvalue weighted by Crippen LogP contribution is 2.06. The molecule has 0 aliphatic heterocycles. The fraction of sp³-hybridized carbons (Fsp3) is 0.615. The van der Waals surface area contributed by atoms with Crippen molar-refractivity contribution < 1.29 is 0 Å². The predicted octanol–water partition coefficient (Wildman–Crippen LogP) is 2.65. The number of hydrogen-bond donors (Lipinski definition) is 1. The van der Waals surface area contributed by atoms with E-state index < -0.39 is 0 Å². The zero-order valence-corrected chi connectivity index (χ0v) is 10.0. The molecule has 15 heavy (non-hydrogen) atoms. The SMILES string of the molecule is CC[C@H](C)[C@@H](C)NCCc1ccccn1. The zero-order valence-electron chi connectivity index (χ0n) is 10.0. The van der Waals surface area contributed by atoms with Crippen molar-refractivity contribution in [2.75, 3.05) is 6.54 Å². The minimum atomic E-state index is 0.596. The van der Waals surface area contributed by atoms with Crippen LogP contribution in [0.15, 0.2) is 24.4 Å². The Morgan fingerprint density at radius 2 is 2.13 bits per heavy atom. The molecular weight excluding hydrogens is 184 g/mol. The average Bonchev–Trinajstić information content (AvgIpc) is 2.29. The number of nitrogens with one attached hydrogen (secondary N) is 1. The van der Waals surface area contributed by atoms with Gasteiger partial charge in [0.15, 0.2) is 0 Å². The topological polar surface area (TPSA) is 24.9 Å². The summed E-state index contributed by atoms with van der Waals surface area (Å²) < 4.78 is 0. The first kappa shape index (κ1) is 12.2. The average molecular weight is 206 g/mol. The van der Waals surface area contributed by atoms with Crippen LogP contribution in [0.25, 0.3) is 0 Å². The molecule has 0 unspecified atom stereocenters. The molecule has 0 aliphatic rings. The molecule has 0 amide bonds. The molecule has 0 saturated heterocycles. The molecule has 0 fully saturated rings. The maximum absolute atomic E-state index is 4.30. The number of pyridine rings is 1. The van der Waals surface area contributed by atoms with E-state index in [0.29, 0.717) is 6.04 Å². The second kappa shape index (κ2) is 6.57. The van der Waals surface area contributed by atoms with Gasteiger partial charge in [-0.1, -0.05) is 26.3 Å². The Hall–Kier alpha value is -0.890. The van der Waals surface area contributed by atoms with Crippen LogP contribution in [-0.4, -0.2) is 17.6 Å². The van der Waals surface area contributed by atoms with Crippen molar-refractivity contribution in [3.05, 3.63) is 30.1 Å². The number of rotatable bonds is 6. The Bertz CT molecular complexity index is 258. The highest BCUT2D eigenvalue weighted by atomic mass is 14.9. The molecule has 0 radical (unpaired) electrons. The first-order valence-corrected chi connectivity index (χ1v) is 5.87. The monoisotopic (exact) mass is 206 g/mol. The van der Waals surface area contributed by atoms with E-state index in [4.69, 9.17) is 0 Å². The molecule has 2 atom stereocenters. The molecule has 1 N–H and O–H groups in total. The summed E-state index contributed by atoms with van der Waals surface area (Å²) in [6.45, 7) is 7.80. The molecule has 1 aromatic heterocycles. The minimum Gasteiger partial charge on any atom is -0.314 e. The third kappa shape index (κ3) is 4.43. The maximum atomic E-state index is 4.30. The fourth-order valence-electron chi connectivity index (χ4n) is 1.53. The van der Waals surface area contributed by atoms with Crippen molar-refractivity contribution in [1.82, 2.24) is 10.3 Å². The van der Waals surface area contributed by atoms with Crippen LogP contribution in [0.4, 0.5) is 0 Å². The van der Waals surface area contributed by atoms with E-state index in [1.165, 1.54) is 12.1 Å². The summed E-state index contributed by atoms with van der Waals surface area (Å²) in [5.41, 5.74) is 1.17. The summed E-state index contributed by atoms with van der Waals surface area (Å²) in [6.07, 6.45) is 4.10. The van der Waals surface area contributed by atoms with Crippen LogP contribution in [0.5, 0.6) is 0 Å². The fourth-order valence-corrected chi connectivity index (χ4v) is 1.53. The van der Waals surface area contributed by atoms with Crippen LogP contribution >= 0.6 is 0 Å². The van der Waals surface area contributed by atoms with E-state index in [0.717, 1.165) is 18.9 Å². The Morgan fingerprint density at radius 1 is 1.33 bits per heavy atom. The first-order valence-electron chi connectivity index (χ1n) is 5.87. The van der Waals surface area contributed by atoms with Gasteiger partial charge in [-0.05, 0) is 25.0 Å². The van der Waals surface area contributed by atoms with Crippen molar-refractivity contribution in [2.24, 2.45) is 5.92 Å². The van der Waals surface area contributed by atoms with Gasteiger partial charge in [-0.3, -0.25) is 4.98 Å². The van der Waals surface area contributed by atoms with Crippen LogP contribution < -0.4 is 5.32 Å². The molecular formula is C13H22N2. The molecule has 84 valence electrons. The van der Waals surface area contributed by atoms with Crippen molar-refractivity contribution in [1.29, 1.82) is 0 Å². The Balaban J connectivity index is 2.22.